The fraction of sp³-hybridized carbons (Fsp3) is 0.833. The fourth-order valence-corrected chi connectivity index (χ4v) is 1.22. The van der Waals surface area contributed by atoms with E-state index in [1.807, 2.05) is 6.92 Å². The Morgan fingerprint density at radius 3 is 3.20 bits per heavy atom. The lowest BCUT2D eigenvalue weighted by molar-refractivity contribution is 0.0348. The molecule has 4 heteroatoms. The molecule has 2 aliphatic heterocycles. The molecule has 2 atom stereocenters. The smallest absolute Gasteiger partial charge is 0.424 e. The van der Waals surface area contributed by atoms with E-state index >= 15 is 0 Å². The summed E-state index contributed by atoms with van der Waals surface area (Å²) in [5.74, 6) is 0. The van der Waals surface area contributed by atoms with Gasteiger partial charge in [-0.1, -0.05) is 0 Å². The summed E-state index contributed by atoms with van der Waals surface area (Å²) in [5.41, 5.74) is -0.517. The maximum absolute atomic E-state index is 10.6. The molecule has 0 aliphatic carbocycles. The van der Waals surface area contributed by atoms with Crippen LogP contribution in [-0.4, -0.2) is 31.1 Å². The van der Waals surface area contributed by atoms with Gasteiger partial charge in [0.05, 0.1) is 13.2 Å². The van der Waals surface area contributed by atoms with Crippen LogP contribution in [-0.2, 0) is 14.2 Å². The highest BCUT2D eigenvalue weighted by atomic mass is 16.8. The summed E-state index contributed by atoms with van der Waals surface area (Å²) in [6, 6.07) is 0. The number of rotatable bonds is 0. The predicted molar refractivity (Wildman–Crippen MR) is 30.6 cm³/mol. The quantitative estimate of drug-likeness (QED) is 0.459. The van der Waals surface area contributed by atoms with Crippen LogP contribution in [0, 0.1) is 0 Å². The Kier molecular flexibility index (Phi) is 0.976. The van der Waals surface area contributed by atoms with E-state index in [1.165, 1.54) is 0 Å². The highest BCUT2D eigenvalue weighted by molar-refractivity contribution is 5.63. The van der Waals surface area contributed by atoms with E-state index in [0.717, 1.165) is 0 Å². The minimum atomic E-state index is -0.573. The van der Waals surface area contributed by atoms with Crippen molar-refractivity contribution in [2.45, 2.75) is 18.6 Å². The lowest BCUT2D eigenvalue weighted by Crippen LogP contribution is -2.34. The topological polar surface area (TPSA) is 44.8 Å². The Balaban J connectivity index is 2.22. The molecular weight excluding hydrogens is 136 g/mol. The maximum Gasteiger partial charge on any atom is 0.509 e. The summed E-state index contributed by atoms with van der Waals surface area (Å²) in [6.45, 7) is 2.72. The van der Waals surface area contributed by atoms with E-state index in [2.05, 4.69) is 0 Å². The molecule has 0 saturated carbocycles. The van der Waals surface area contributed by atoms with Crippen LogP contribution in [0.3, 0.4) is 0 Å². The van der Waals surface area contributed by atoms with Gasteiger partial charge in [-0.15, -0.1) is 0 Å². The van der Waals surface area contributed by atoms with Crippen molar-refractivity contribution in [3.63, 3.8) is 0 Å². The van der Waals surface area contributed by atoms with Crippen molar-refractivity contribution < 1.29 is 19.0 Å². The van der Waals surface area contributed by atoms with Gasteiger partial charge in [-0.25, -0.2) is 4.79 Å². The van der Waals surface area contributed by atoms with Gasteiger partial charge in [0.25, 0.3) is 0 Å². The standard InChI is InChI=1S/C6H8O4/c1-6-3-8-2-4(6)9-5(7)10-6/h4H,2-3H2,1H3/t4-,6+/m1/s1. The fourth-order valence-electron chi connectivity index (χ4n) is 1.22. The summed E-state index contributed by atoms with van der Waals surface area (Å²) in [4.78, 5) is 10.6. The van der Waals surface area contributed by atoms with Crippen molar-refractivity contribution >= 4 is 6.16 Å². The third-order valence-corrected chi connectivity index (χ3v) is 1.89. The predicted octanol–water partition coefficient (Wildman–Crippen LogP) is 0.311. The first-order chi connectivity index (χ1) is 4.71. The van der Waals surface area contributed by atoms with Gasteiger partial charge in [0.1, 0.15) is 0 Å². The van der Waals surface area contributed by atoms with E-state index in [0.29, 0.717) is 13.2 Å². The zero-order chi connectivity index (χ0) is 7.19. The highest BCUT2D eigenvalue weighted by Gasteiger charge is 2.52. The average molecular weight is 144 g/mol. The van der Waals surface area contributed by atoms with Crippen LogP contribution in [0.15, 0.2) is 0 Å². The number of carbonyl (C=O) groups excluding carboxylic acids is 1. The van der Waals surface area contributed by atoms with Gasteiger partial charge in [-0.2, -0.15) is 0 Å². The number of fused-ring (bicyclic) bond motifs is 1. The third kappa shape index (κ3) is 0.623. The zero-order valence-electron chi connectivity index (χ0n) is 5.62. The average Bonchev–Trinajstić information content (AvgIpc) is 2.20. The molecule has 4 nitrogen and oxygen atoms in total. The molecular formula is C6H8O4. The first-order valence-corrected chi connectivity index (χ1v) is 3.18. The van der Waals surface area contributed by atoms with E-state index in [9.17, 15) is 4.79 Å². The van der Waals surface area contributed by atoms with Crippen LogP contribution in [0.1, 0.15) is 6.92 Å². The Labute approximate surface area is 58.1 Å². The van der Waals surface area contributed by atoms with Crippen LogP contribution in [0.25, 0.3) is 0 Å². The molecule has 0 unspecified atom stereocenters. The molecule has 0 spiro atoms. The summed E-state index contributed by atoms with van der Waals surface area (Å²) < 4.78 is 14.7. The summed E-state index contributed by atoms with van der Waals surface area (Å²) in [5, 5.41) is 0. The molecule has 2 fully saturated rings. The van der Waals surface area contributed by atoms with Crippen LogP contribution in [0.4, 0.5) is 4.79 Å². The second kappa shape index (κ2) is 1.63. The van der Waals surface area contributed by atoms with E-state index in [4.69, 9.17) is 14.2 Å². The summed E-state index contributed by atoms with van der Waals surface area (Å²) in [6.07, 6.45) is -0.768. The molecule has 2 saturated heterocycles. The minimum absolute atomic E-state index is 0.194. The molecule has 0 radical (unpaired) electrons. The van der Waals surface area contributed by atoms with Gasteiger partial charge in [0, 0.05) is 0 Å². The van der Waals surface area contributed by atoms with Crippen molar-refractivity contribution in [1.29, 1.82) is 0 Å². The molecule has 0 amide bonds. The second-order valence-corrected chi connectivity index (χ2v) is 2.79. The molecule has 2 aliphatic rings. The molecule has 0 aromatic carbocycles. The second-order valence-electron chi connectivity index (χ2n) is 2.79. The van der Waals surface area contributed by atoms with Crippen LogP contribution in [0.5, 0.6) is 0 Å². The van der Waals surface area contributed by atoms with Crippen molar-refractivity contribution in [3.05, 3.63) is 0 Å². The maximum atomic E-state index is 10.6. The Hall–Kier alpha value is -0.770. The van der Waals surface area contributed by atoms with Crippen LogP contribution >= 0.6 is 0 Å². The Bertz CT molecular complexity index is 179. The van der Waals surface area contributed by atoms with Gasteiger partial charge < -0.3 is 14.2 Å². The SMILES string of the molecule is C[C@]12COC[C@H]1OC(=O)O2. The molecule has 10 heavy (non-hydrogen) atoms. The van der Waals surface area contributed by atoms with Crippen molar-refractivity contribution in [3.8, 4) is 0 Å². The monoisotopic (exact) mass is 144 g/mol. The Morgan fingerprint density at radius 1 is 1.70 bits per heavy atom. The van der Waals surface area contributed by atoms with E-state index < -0.39 is 11.8 Å². The zero-order valence-corrected chi connectivity index (χ0v) is 5.62. The van der Waals surface area contributed by atoms with Gasteiger partial charge in [-0.3, -0.25) is 0 Å². The summed E-state index contributed by atoms with van der Waals surface area (Å²) in [7, 11) is 0. The molecule has 0 N–H and O–H groups in total. The van der Waals surface area contributed by atoms with Crippen molar-refractivity contribution in [2.75, 3.05) is 13.2 Å². The first kappa shape index (κ1) is 5.97. The Morgan fingerprint density at radius 2 is 2.50 bits per heavy atom. The lowest BCUT2D eigenvalue weighted by atomic mass is 10.0. The van der Waals surface area contributed by atoms with Crippen LogP contribution in [0.2, 0.25) is 0 Å². The lowest BCUT2D eigenvalue weighted by Gasteiger charge is -2.14. The molecule has 56 valence electrons. The number of carbonyl (C=O) groups is 1. The molecule has 0 aromatic rings. The molecule has 0 aromatic heterocycles. The summed E-state index contributed by atoms with van der Waals surface area (Å²) >= 11 is 0. The van der Waals surface area contributed by atoms with Crippen LogP contribution < -0.4 is 0 Å². The van der Waals surface area contributed by atoms with Crippen molar-refractivity contribution in [1.82, 2.24) is 0 Å². The molecule has 2 heterocycles. The first-order valence-electron chi connectivity index (χ1n) is 3.18. The number of ether oxygens (including phenoxy) is 3. The van der Waals surface area contributed by atoms with Gasteiger partial charge in [-0.05, 0) is 6.92 Å². The molecule has 0 bridgehead atoms. The van der Waals surface area contributed by atoms with E-state index in [1.54, 1.807) is 0 Å². The van der Waals surface area contributed by atoms with Crippen molar-refractivity contribution in [2.24, 2.45) is 0 Å². The van der Waals surface area contributed by atoms with Gasteiger partial charge in [0.15, 0.2) is 11.7 Å². The third-order valence-electron chi connectivity index (χ3n) is 1.89. The number of hydrogen-bond acceptors (Lipinski definition) is 4. The minimum Gasteiger partial charge on any atom is -0.424 e. The molecule has 2 rings (SSSR count). The van der Waals surface area contributed by atoms with Gasteiger partial charge >= 0.3 is 6.16 Å². The largest absolute Gasteiger partial charge is 0.509 e. The van der Waals surface area contributed by atoms with Gasteiger partial charge in [0.2, 0.25) is 0 Å². The highest BCUT2D eigenvalue weighted by Crippen LogP contribution is 2.31. The van der Waals surface area contributed by atoms with E-state index in [-0.39, 0.29) is 6.10 Å². The normalized spacial score (nSPS) is 44.5. The number of hydrogen-bond donors (Lipinski definition) is 0.